The predicted molar refractivity (Wildman–Crippen MR) is 108 cm³/mol. The van der Waals surface area contributed by atoms with E-state index in [1.807, 2.05) is 0 Å². The lowest BCUT2D eigenvalue weighted by molar-refractivity contribution is 0.0956. The Morgan fingerprint density at radius 3 is 2.48 bits per heavy atom. The van der Waals surface area contributed by atoms with Crippen LogP contribution >= 0.6 is 22.9 Å². The molecule has 0 fully saturated rings. The van der Waals surface area contributed by atoms with Crippen LogP contribution in [0.5, 0.6) is 0 Å². The molecule has 3 aromatic rings. The summed E-state index contributed by atoms with van der Waals surface area (Å²) in [6, 6.07) is 16.4. The maximum Gasteiger partial charge on any atom is 0.273 e. The summed E-state index contributed by atoms with van der Waals surface area (Å²) < 4.78 is 27.4. The van der Waals surface area contributed by atoms with E-state index < -0.39 is 15.9 Å². The first-order valence-corrected chi connectivity index (χ1v) is 10.4. The van der Waals surface area contributed by atoms with E-state index in [-0.39, 0.29) is 15.5 Å². The molecule has 0 saturated heterocycles. The van der Waals surface area contributed by atoms with Crippen molar-refractivity contribution in [1.29, 1.82) is 0 Å². The molecule has 1 heterocycles. The number of thiophene rings is 1. The molecule has 2 N–H and O–H groups in total. The normalized spacial score (nSPS) is 11.4. The fraction of sp³-hybridized carbons (Fsp3) is 0. The van der Waals surface area contributed by atoms with Crippen LogP contribution in [-0.2, 0) is 10.0 Å². The first-order chi connectivity index (χ1) is 13.0. The van der Waals surface area contributed by atoms with E-state index in [1.54, 1.807) is 47.8 Å². The average molecular weight is 420 g/mol. The summed E-state index contributed by atoms with van der Waals surface area (Å²) >= 11 is 6.91. The second kappa shape index (κ2) is 8.34. The zero-order chi connectivity index (χ0) is 19.3. The van der Waals surface area contributed by atoms with Crippen LogP contribution in [0.1, 0.15) is 15.9 Å². The van der Waals surface area contributed by atoms with Gasteiger partial charge in [-0.3, -0.25) is 9.52 Å². The minimum absolute atomic E-state index is 0.158. The van der Waals surface area contributed by atoms with Crippen molar-refractivity contribution in [2.45, 2.75) is 4.21 Å². The van der Waals surface area contributed by atoms with Crippen molar-refractivity contribution in [3.63, 3.8) is 0 Å². The molecule has 0 aliphatic carbocycles. The highest BCUT2D eigenvalue weighted by molar-refractivity contribution is 7.94. The topological polar surface area (TPSA) is 87.6 Å². The Bertz CT molecular complexity index is 1060. The van der Waals surface area contributed by atoms with Gasteiger partial charge in [0.25, 0.3) is 15.9 Å². The number of nitrogens with zero attached hydrogens (tertiary/aromatic N) is 1. The standard InChI is InChI=1S/C18H14ClN3O3S2/c19-14-9-7-13(8-10-14)12-20-21-18(23)15-4-1-2-5-16(15)22-27(24,25)17-6-3-11-26-17/h1-12,22H,(H,21,23)/b20-12+. The highest BCUT2D eigenvalue weighted by atomic mass is 35.5. The Hall–Kier alpha value is -2.68. The van der Waals surface area contributed by atoms with E-state index >= 15 is 0 Å². The molecule has 0 aliphatic rings. The van der Waals surface area contributed by atoms with Gasteiger partial charge >= 0.3 is 0 Å². The smallest absolute Gasteiger partial charge is 0.273 e. The number of para-hydroxylation sites is 1. The zero-order valence-electron chi connectivity index (χ0n) is 13.8. The summed E-state index contributed by atoms with van der Waals surface area (Å²) in [4.78, 5) is 12.4. The summed E-state index contributed by atoms with van der Waals surface area (Å²) in [6.07, 6.45) is 1.46. The fourth-order valence-electron chi connectivity index (χ4n) is 2.16. The number of carbonyl (C=O) groups excluding carboxylic acids is 1. The first-order valence-electron chi connectivity index (χ1n) is 7.70. The molecule has 1 aromatic heterocycles. The Morgan fingerprint density at radius 1 is 1.04 bits per heavy atom. The number of hydrogen-bond acceptors (Lipinski definition) is 5. The van der Waals surface area contributed by atoms with Crippen LogP contribution in [0.3, 0.4) is 0 Å². The molecule has 0 spiro atoms. The van der Waals surface area contributed by atoms with Gasteiger partial charge in [-0.05, 0) is 41.3 Å². The third kappa shape index (κ3) is 4.94. The lowest BCUT2D eigenvalue weighted by atomic mass is 10.2. The number of sulfonamides is 1. The number of benzene rings is 2. The van der Waals surface area contributed by atoms with Gasteiger partial charge in [0.2, 0.25) is 0 Å². The highest BCUT2D eigenvalue weighted by Gasteiger charge is 2.19. The number of nitrogens with one attached hydrogen (secondary N) is 2. The van der Waals surface area contributed by atoms with Gasteiger partial charge in [-0.2, -0.15) is 5.10 Å². The van der Waals surface area contributed by atoms with Crippen molar-refractivity contribution >= 4 is 50.8 Å². The van der Waals surface area contributed by atoms with Crippen molar-refractivity contribution in [2.24, 2.45) is 5.10 Å². The van der Waals surface area contributed by atoms with Gasteiger partial charge in [-0.15, -0.1) is 11.3 Å². The fourth-order valence-corrected chi connectivity index (χ4v) is 4.35. The van der Waals surface area contributed by atoms with Crippen LogP contribution in [0.15, 0.2) is 75.4 Å². The second-order valence-corrected chi connectivity index (χ2v) is 8.63. The summed E-state index contributed by atoms with van der Waals surface area (Å²) in [7, 11) is -3.76. The van der Waals surface area contributed by atoms with E-state index in [9.17, 15) is 13.2 Å². The molecule has 27 heavy (non-hydrogen) atoms. The molecular formula is C18H14ClN3O3S2. The van der Waals surface area contributed by atoms with Gasteiger partial charge in [0.05, 0.1) is 17.5 Å². The van der Waals surface area contributed by atoms with E-state index in [4.69, 9.17) is 11.6 Å². The van der Waals surface area contributed by atoms with E-state index in [2.05, 4.69) is 15.2 Å². The molecule has 0 atom stereocenters. The molecule has 3 rings (SSSR count). The zero-order valence-corrected chi connectivity index (χ0v) is 16.2. The number of hydrazone groups is 1. The quantitative estimate of drug-likeness (QED) is 0.468. The van der Waals surface area contributed by atoms with Gasteiger partial charge in [0.15, 0.2) is 0 Å². The Morgan fingerprint density at radius 2 is 1.78 bits per heavy atom. The van der Waals surface area contributed by atoms with Gasteiger partial charge < -0.3 is 0 Å². The van der Waals surface area contributed by atoms with Crippen LogP contribution in [0.4, 0.5) is 5.69 Å². The summed E-state index contributed by atoms with van der Waals surface area (Å²) in [5, 5.41) is 6.16. The van der Waals surface area contributed by atoms with Crippen molar-refractivity contribution in [2.75, 3.05) is 4.72 Å². The SMILES string of the molecule is O=C(N/N=C/c1ccc(Cl)cc1)c1ccccc1NS(=O)(=O)c1cccs1. The summed E-state index contributed by atoms with van der Waals surface area (Å²) in [5.74, 6) is -0.537. The number of hydrogen-bond donors (Lipinski definition) is 2. The lowest BCUT2D eigenvalue weighted by Crippen LogP contribution is -2.21. The lowest BCUT2D eigenvalue weighted by Gasteiger charge is -2.10. The van der Waals surface area contributed by atoms with E-state index in [1.165, 1.54) is 24.4 Å². The minimum atomic E-state index is -3.76. The van der Waals surface area contributed by atoms with Crippen LogP contribution in [-0.4, -0.2) is 20.5 Å². The van der Waals surface area contributed by atoms with E-state index in [0.717, 1.165) is 16.9 Å². The molecule has 6 nitrogen and oxygen atoms in total. The third-order valence-electron chi connectivity index (χ3n) is 3.43. The van der Waals surface area contributed by atoms with Crippen molar-refractivity contribution in [3.05, 3.63) is 82.2 Å². The van der Waals surface area contributed by atoms with Gasteiger partial charge in [0, 0.05) is 5.02 Å². The predicted octanol–water partition coefficient (Wildman–Crippen LogP) is 3.97. The van der Waals surface area contributed by atoms with Crippen LogP contribution in [0.2, 0.25) is 5.02 Å². The Kier molecular flexibility index (Phi) is 5.90. The maximum atomic E-state index is 12.4. The molecule has 0 radical (unpaired) electrons. The molecule has 138 valence electrons. The van der Waals surface area contributed by atoms with Crippen LogP contribution in [0.25, 0.3) is 0 Å². The Labute approximate surface area is 165 Å². The Balaban J connectivity index is 1.75. The molecule has 0 saturated carbocycles. The van der Waals surface area contributed by atoms with E-state index in [0.29, 0.717) is 5.02 Å². The van der Waals surface area contributed by atoms with Crippen molar-refractivity contribution < 1.29 is 13.2 Å². The second-order valence-electron chi connectivity index (χ2n) is 5.33. The molecule has 0 unspecified atom stereocenters. The summed E-state index contributed by atoms with van der Waals surface area (Å²) in [5.41, 5.74) is 3.47. The number of anilines is 1. The first kappa shape index (κ1) is 19.1. The minimum Gasteiger partial charge on any atom is -0.278 e. The number of rotatable bonds is 6. The van der Waals surface area contributed by atoms with Crippen molar-refractivity contribution in [3.8, 4) is 0 Å². The molecule has 9 heteroatoms. The van der Waals surface area contributed by atoms with Crippen LogP contribution < -0.4 is 10.1 Å². The van der Waals surface area contributed by atoms with Crippen LogP contribution in [0, 0.1) is 0 Å². The number of carbonyl (C=O) groups is 1. The third-order valence-corrected chi connectivity index (χ3v) is 6.44. The van der Waals surface area contributed by atoms with Crippen molar-refractivity contribution in [1.82, 2.24) is 5.43 Å². The monoisotopic (exact) mass is 419 g/mol. The van der Waals surface area contributed by atoms with Gasteiger partial charge in [-0.1, -0.05) is 41.9 Å². The highest BCUT2D eigenvalue weighted by Crippen LogP contribution is 2.22. The van der Waals surface area contributed by atoms with Gasteiger partial charge in [0.1, 0.15) is 4.21 Å². The summed E-state index contributed by atoms with van der Waals surface area (Å²) in [6.45, 7) is 0. The largest absolute Gasteiger partial charge is 0.278 e. The molecule has 2 aromatic carbocycles. The molecule has 1 amide bonds. The average Bonchev–Trinajstić information content (AvgIpc) is 3.19. The van der Waals surface area contributed by atoms with Gasteiger partial charge in [-0.25, -0.2) is 13.8 Å². The molecular weight excluding hydrogens is 406 g/mol. The number of halogens is 1. The molecule has 0 bridgehead atoms. The number of amides is 1. The molecule has 0 aliphatic heterocycles. The maximum absolute atomic E-state index is 12.4.